The molecule has 94 valence electrons. The number of nitrogens with two attached hydrogens (primary N) is 1. The van der Waals surface area contributed by atoms with Gasteiger partial charge in [0.05, 0.1) is 0 Å². The van der Waals surface area contributed by atoms with Gasteiger partial charge in [-0.3, -0.25) is 0 Å². The Hall–Kier alpha value is -0.960. The summed E-state index contributed by atoms with van der Waals surface area (Å²) in [5.74, 6) is 0.866. The summed E-state index contributed by atoms with van der Waals surface area (Å²) in [5, 5.41) is 0.747. The summed E-state index contributed by atoms with van der Waals surface area (Å²) >= 11 is 7.64. The van der Waals surface area contributed by atoms with Gasteiger partial charge in [0.15, 0.2) is 0 Å². The molecule has 0 amide bonds. The highest BCUT2D eigenvalue weighted by molar-refractivity contribution is 7.99. The van der Waals surface area contributed by atoms with Crippen LogP contribution in [0.4, 0.5) is 0 Å². The summed E-state index contributed by atoms with van der Waals surface area (Å²) in [6, 6.07) is 16.3. The molecule has 0 aliphatic carbocycles. The SMILES string of the molecule is Cc1ccc(SCC(N)c2ccc(Cl)cc2)cc1. The number of hydrogen-bond acceptors (Lipinski definition) is 2. The topological polar surface area (TPSA) is 26.0 Å². The minimum absolute atomic E-state index is 0.0357. The van der Waals surface area contributed by atoms with Crippen LogP contribution >= 0.6 is 23.4 Å². The van der Waals surface area contributed by atoms with Crippen LogP contribution in [0.5, 0.6) is 0 Å². The first-order chi connectivity index (χ1) is 8.65. The van der Waals surface area contributed by atoms with E-state index in [1.54, 1.807) is 11.8 Å². The first-order valence-corrected chi connectivity index (χ1v) is 7.22. The van der Waals surface area contributed by atoms with Crippen LogP contribution in [0.25, 0.3) is 0 Å². The lowest BCUT2D eigenvalue weighted by Crippen LogP contribution is -2.12. The van der Waals surface area contributed by atoms with E-state index in [1.807, 2.05) is 24.3 Å². The molecule has 1 atom stereocenters. The highest BCUT2D eigenvalue weighted by Gasteiger charge is 2.06. The molecular weight excluding hydrogens is 262 g/mol. The number of aryl methyl sites for hydroxylation is 1. The normalized spacial score (nSPS) is 12.4. The van der Waals surface area contributed by atoms with Crippen LogP contribution in [-0.4, -0.2) is 5.75 Å². The highest BCUT2D eigenvalue weighted by atomic mass is 35.5. The van der Waals surface area contributed by atoms with Crippen molar-refractivity contribution in [3.63, 3.8) is 0 Å². The molecule has 2 rings (SSSR count). The third-order valence-electron chi connectivity index (χ3n) is 2.75. The third-order valence-corrected chi connectivity index (χ3v) is 4.13. The van der Waals surface area contributed by atoms with E-state index in [4.69, 9.17) is 17.3 Å². The number of hydrogen-bond donors (Lipinski definition) is 1. The molecule has 0 fully saturated rings. The zero-order valence-corrected chi connectivity index (χ0v) is 11.8. The van der Waals surface area contributed by atoms with Crippen molar-refractivity contribution in [3.8, 4) is 0 Å². The van der Waals surface area contributed by atoms with Gasteiger partial charge in [-0.15, -0.1) is 11.8 Å². The van der Waals surface area contributed by atoms with E-state index >= 15 is 0 Å². The third kappa shape index (κ3) is 3.77. The second-order valence-electron chi connectivity index (χ2n) is 4.28. The maximum Gasteiger partial charge on any atom is 0.0406 e. The van der Waals surface area contributed by atoms with Crippen molar-refractivity contribution in [2.24, 2.45) is 5.73 Å². The molecule has 0 aliphatic rings. The molecule has 0 heterocycles. The summed E-state index contributed by atoms with van der Waals surface area (Å²) in [6.45, 7) is 2.09. The van der Waals surface area contributed by atoms with Crippen LogP contribution in [0.1, 0.15) is 17.2 Å². The van der Waals surface area contributed by atoms with Gasteiger partial charge < -0.3 is 5.73 Å². The van der Waals surface area contributed by atoms with Gasteiger partial charge >= 0.3 is 0 Å². The van der Waals surface area contributed by atoms with E-state index in [-0.39, 0.29) is 6.04 Å². The molecule has 1 unspecified atom stereocenters. The van der Waals surface area contributed by atoms with Gasteiger partial charge in [-0.1, -0.05) is 41.4 Å². The maximum absolute atomic E-state index is 6.16. The Morgan fingerprint density at radius 1 is 1.06 bits per heavy atom. The van der Waals surface area contributed by atoms with Crippen LogP contribution in [0, 0.1) is 6.92 Å². The summed E-state index contributed by atoms with van der Waals surface area (Å²) in [7, 11) is 0. The summed E-state index contributed by atoms with van der Waals surface area (Å²) in [6.07, 6.45) is 0. The van der Waals surface area contributed by atoms with Gasteiger partial charge in [0.1, 0.15) is 0 Å². The molecule has 0 spiro atoms. The maximum atomic E-state index is 6.16. The first-order valence-electron chi connectivity index (χ1n) is 5.85. The van der Waals surface area contributed by atoms with Crippen molar-refractivity contribution in [3.05, 3.63) is 64.7 Å². The Labute approximate surface area is 117 Å². The molecule has 3 heteroatoms. The van der Waals surface area contributed by atoms with Crippen molar-refractivity contribution in [1.29, 1.82) is 0 Å². The van der Waals surface area contributed by atoms with Crippen molar-refractivity contribution in [2.45, 2.75) is 17.9 Å². The molecule has 0 saturated carbocycles. The van der Waals surface area contributed by atoms with Crippen molar-refractivity contribution >= 4 is 23.4 Å². The Morgan fingerprint density at radius 3 is 2.28 bits per heavy atom. The zero-order valence-electron chi connectivity index (χ0n) is 10.3. The zero-order chi connectivity index (χ0) is 13.0. The Bertz CT molecular complexity index is 493. The number of rotatable bonds is 4. The molecule has 2 aromatic rings. The lowest BCUT2D eigenvalue weighted by Gasteiger charge is -2.11. The molecule has 0 radical (unpaired) electrons. The van der Waals surface area contributed by atoms with Crippen LogP contribution in [-0.2, 0) is 0 Å². The van der Waals surface area contributed by atoms with E-state index in [2.05, 4.69) is 31.2 Å². The fourth-order valence-electron chi connectivity index (χ4n) is 1.63. The lowest BCUT2D eigenvalue weighted by molar-refractivity contribution is 0.831. The first kappa shape index (κ1) is 13.5. The van der Waals surface area contributed by atoms with Crippen molar-refractivity contribution in [1.82, 2.24) is 0 Å². The van der Waals surface area contributed by atoms with Crippen molar-refractivity contribution < 1.29 is 0 Å². The average Bonchev–Trinajstić information content (AvgIpc) is 2.38. The van der Waals surface area contributed by atoms with Crippen LogP contribution in [0.3, 0.4) is 0 Å². The lowest BCUT2D eigenvalue weighted by atomic mass is 10.1. The Balaban J connectivity index is 1.93. The number of halogens is 1. The molecule has 2 aromatic carbocycles. The minimum Gasteiger partial charge on any atom is -0.323 e. The molecular formula is C15H16ClNS. The second kappa shape index (κ2) is 6.28. The van der Waals surface area contributed by atoms with Crippen LogP contribution in [0.2, 0.25) is 5.02 Å². The molecule has 2 N–H and O–H groups in total. The average molecular weight is 278 g/mol. The minimum atomic E-state index is 0.0357. The number of benzene rings is 2. The fourth-order valence-corrected chi connectivity index (χ4v) is 2.65. The Kier molecular flexibility index (Phi) is 4.70. The monoisotopic (exact) mass is 277 g/mol. The molecule has 0 bridgehead atoms. The van der Waals surface area contributed by atoms with E-state index < -0.39 is 0 Å². The highest BCUT2D eigenvalue weighted by Crippen LogP contribution is 2.24. The van der Waals surface area contributed by atoms with E-state index in [1.165, 1.54) is 10.5 Å². The van der Waals surface area contributed by atoms with Gasteiger partial charge in [-0.2, -0.15) is 0 Å². The predicted molar refractivity (Wildman–Crippen MR) is 80.3 cm³/mol. The quantitative estimate of drug-likeness (QED) is 0.836. The summed E-state index contributed by atoms with van der Waals surface area (Å²) in [4.78, 5) is 1.25. The summed E-state index contributed by atoms with van der Waals surface area (Å²) in [5.41, 5.74) is 8.56. The van der Waals surface area contributed by atoms with Gasteiger partial charge in [0, 0.05) is 21.7 Å². The smallest absolute Gasteiger partial charge is 0.0406 e. The van der Waals surface area contributed by atoms with Crippen LogP contribution < -0.4 is 5.73 Å². The van der Waals surface area contributed by atoms with Gasteiger partial charge in [0.2, 0.25) is 0 Å². The van der Waals surface area contributed by atoms with E-state index in [0.29, 0.717) is 0 Å². The van der Waals surface area contributed by atoms with Crippen molar-refractivity contribution in [2.75, 3.05) is 5.75 Å². The molecule has 0 saturated heterocycles. The molecule has 0 aromatic heterocycles. The predicted octanol–water partition coefficient (Wildman–Crippen LogP) is 4.44. The number of thioether (sulfide) groups is 1. The van der Waals surface area contributed by atoms with Gasteiger partial charge in [-0.05, 0) is 36.8 Å². The molecule has 0 aliphatic heterocycles. The van der Waals surface area contributed by atoms with Gasteiger partial charge in [-0.25, -0.2) is 0 Å². The standard InChI is InChI=1S/C15H16ClNS/c1-11-2-8-14(9-3-11)18-10-15(17)12-4-6-13(16)7-5-12/h2-9,15H,10,17H2,1H3. The molecule has 1 nitrogen and oxygen atoms in total. The van der Waals surface area contributed by atoms with E-state index in [0.717, 1.165) is 16.3 Å². The van der Waals surface area contributed by atoms with Crippen LogP contribution in [0.15, 0.2) is 53.4 Å². The molecule has 18 heavy (non-hydrogen) atoms. The second-order valence-corrected chi connectivity index (χ2v) is 5.81. The van der Waals surface area contributed by atoms with E-state index in [9.17, 15) is 0 Å². The summed E-state index contributed by atoms with van der Waals surface area (Å²) < 4.78 is 0. The largest absolute Gasteiger partial charge is 0.323 e. The Morgan fingerprint density at radius 2 is 1.67 bits per heavy atom. The van der Waals surface area contributed by atoms with Gasteiger partial charge in [0.25, 0.3) is 0 Å². The fraction of sp³-hybridized carbons (Fsp3) is 0.200.